The molecular formula is C14H16BrNO4. The smallest absolute Gasteiger partial charge is 0.407 e. The first-order valence-corrected chi connectivity index (χ1v) is 7.51. The van der Waals surface area contributed by atoms with Crippen molar-refractivity contribution >= 4 is 22.0 Å². The summed E-state index contributed by atoms with van der Waals surface area (Å²) in [7, 11) is 0. The van der Waals surface area contributed by atoms with E-state index in [1.54, 1.807) is 0 Å². The van der Waals surface area contributed by atoms with Gasteiger partial charge in [0, 0.05) is 36.0 Å². The van der Waals surface area contributed by atoms with Crippen molar-refractivity contribution in [2.24, 2.45) is 0 Å². The van der Waals surface area contributed by atoms with Crippen LogP contribution in [-0.4, -0.2) is 35.0 Å². The average Bonchev–Trinajstić information content (AvgIpc) is 2.77. The molecule has 1 aromatic carbocycles. The van der Waals surface area contributed by atoms with Crippen LogP contribution in [0.1, 0.15) is 25.3 Å². The van der Waals surface area contributed by atoms with Gasteiger partial charge in [-0.25, -0.2) is 4.79 Å². The molecule has 1 amide bonds. The number of carboxylic acid groups (broad SMARTS) is 1. The zero-order valence-corrected chi connectivity index (χ0v) is 12.8. The predicted molar refractivity (Wildman–Crippen MR) is 76.3 cm³/mol. The van der Waals surface area contributed by atoms with Crippen molar-refractivity contribution < 1.29 is 19.4 Å². The fourth-order valence-electron chi connectivity index (χ4n) is 2.75. The summed E-state index contributed by atoms with van der Waals surface area (Å²) in [5, 5.41) is 9.00. The molecule has 1 saturated heterocycles. The Bertz CT molecular complexity index is 552. The zero-order valence-electron chi connectivity index (χ0n) is 11.2. The van der Waals surface area contributed by atoms with Gasteiger partial charge in [0.1, 0.15) is 0 Å². The van der Waals surface area contributed by atoms with Crippen molar-refractivity contribution in [2.75, 3.05) is 13.1 Å². The first-order chi connectivity index (χ1) is 9.54. The second-order valence-electron chi connectivity index (χ2n) is 5.09. The summed E-state index contributed by atoms with van der Waals surface area (Å²) in [5.41, 5.74) is 1.10. The predicted octanol–water partition coefficient (Wildman–Crippen LogP) is 3.25. The minimum absolute atomic E-state index is 0.436. The van der Waals surface area contributed by atoms with E-state index in [-0.39, 0.29) is 0 Å². The normalized spacial score (nSPS) is 19.4. The highest BCUT2D eigenvalue weighted by molar-refractivity contribution is 9.10. The second kappa shape index (κ2) is 4.84. The van der Waals surface area contributed by atoms with Gasteiger partial charge in [0.15, 0.2) is 11.5 Å². The Labute approximate surface area is 125 Å². The van der Waals surface area contributed by atoms with Gasteiger partial charge in [0.2, 0.25) is 0 Å². The van der Waals surface area contributed by atoms with Gasteiger partial charge in [-0.15, -0.1) is 0 Å². The van der Waals surface area contributed by atoms with Crippen LogP contribution in [0.3, 0.4) is 0 Å². The van der Waals surface area contributed by atoms with E-state index in [2.05, 4.69) is 22.9 Å². The molecule has 2 aliphatic rings. The number of benzene rings is 1. The van der Waals surface area contributed by atoms with Gasteiger partial charge in [-0.1, -0.05) is 22.9 Å². The number of carbonyl (C=O) groups is 1. The summed E-state index contributed by atoms with van der Waals surface area (Å²) in [5.74, 6) is 0.860. The van der Waals surface area contributed by atoms with Crippen LogP contribution in [0.25, 0.3) is 0 Å². The van der Waals surface area contributed by atoms with Crippen molar-refractivity contribution in [2.45, 2.75) is 32.0 Å². The molecule has 5 nitrogen and oxygen atoms in total. The number of halogens is 1. The van der Waals surface area contributed by atoms with E-state index < -0.39 is 11.9 Å². The first kappa shape index (κ1) is 13.5. The molecule has 6 heteroatoms. The monoisotopic (exact) mass is 341 g/mol. The quantitative estimate of drug-likeness (QED) is 0.851. The van der Waals surface area contributed by atoms with Gasteiger partial charge in [-0.2, -0.15) is 0 Å². The fourth-order valence-corrected chi connectivity index (χ4v) is 3.35. The maximum atomic E-state index is 11.0. The third kappa shape index (κ3) is 2.12. The third-order valence-electron chi connectivity index (χ3n) is 3.90. The highest BCUT2D eigenvalue weighted by Gasteiger charge is 2.45. The van der Waals surface area contributed by atoms with Crippen molar-refractivity contribution in [1.29, 1.82) is 0 Å². The molecule has 2 aliphatic heterocycles. The second-order valence-corrected chi connectivity index (χ2v) is 5.95. The summed E-state index contributed by atoms with van der Waals surface area (Å²) < 4.78 is 13.1. The van der Waals surface area contributed by atoms with Gasteiger partial charge >= 0.3 is 6.09 Å². The minimum Gasteiger partial charge on any atom is -0.465 e. The van der Waals surface area contributed by atoms with E-state index in [4.69, 9.17) is 14.6 Å². The molecule has 0 saturated carbocycles. The SMILES string of the molecule is CCc1c(Br)ccc2c1OC1(CCN(C(=O)O)CC1)O2. The largest absolute Gasteiger partial charge is 0.465 e. The molecule has 0 unspecified atom stereocenters. The number of ether oxygens (including phenoxy) is 2. The number of rotatable bonds is 1. The Balaban J connectivity index is 1.83. The summed E-state index contributed by atoms with van der Waals surface area (Å²) in [6.07, 6.45) is 1.07. The molecule has 0 bridgehead atoms. The number of nitrogens with zero attached hydrogens (tertiary/aromatic N) is 1. The van der Waals surface area contributed by atoms with E-state index in [1.807, 2.05) is 12.1 Å². The fraction of sp³-hybridized carbons (Fsp3) is 0.500. The molecule has 1 fully saturated rings. The molecule has 0 aromatic heterocycles. The molecule has 0 aliphatic carbocycles. The molecule has 1 aromatic rings. The third-order valence-corrected chi connectivity index (χ3v) is 4.64. The summed E-state index contributed by atoms with van der Waals surface area (Å²) in [6, 6.07) is 3.86. The van der Waals surface area contributed by atoms with Crippen LogP contribution in [0, 0.1) is 0 Å². The molecule has 1 N–H and O–H groups in total. The number of likely N-dealkylation sites (tertiary alicyclic amines) is 1. The number of hydrogen-bond donors (Lipinski definition) is 1. The van der Waals surface area contributed by atoms with Crippen LogP contribution in [0.15, 0.2) is 16.6 Å². The number of hydrogen-bond acceptors (Lipinski definition) is 3. The highest BCUT2D eigenvalue weighted by Crippen LogP contribution is 2.47. The molecule has 108 valence electrons. The van der Waals surface area contributed by atoms with Gasteiger partial charge in [0.25, 0.3) is 5.79 Å². The van der Waals surface area contributed by atoms with Gasteiger partial charge in [-0.3, -0.25) is 0 Å². The Morgan fingerprint density at radius 1 is 1.40 bits per heavy atom. The minimum atomic E-state index is -0.882. The Morgan fingerprint density at radius 3 is 2.70 bits per heavy atom. The lowest BCUT2D eigenvalue weighted by Crippen LogP contribution is -2.50. The molecular weight excluding hydrogens is 326 g/mol. The van der Waals surface area contributed by atoms with Gasteiger partial charge < -0.3 is 19.5 Å². The summed E-state index contributed by atoms with van der Waals surface area (Å²) >= 11 is 3.53. The molecule has 20 heavy (non-hydrogen) atoms. The van der Waals surface area contributed by atoms with Crippen LogP contribution in [-0.2, 0) is 6.42 Å². The Hall–Kier alpha value is -1.43. The molecule has 1 spiro atoms. The van der Waals surface area contributed by atoms with Crippen LogP contribution >= 0.6 is 15.9 Å². The lowest BCUT2D eigenvalue weighted by molar-refractivity contribution is -0.115. The lowest BCUT2D eigenvalue weighted by Gasteiger charge is -2.36. The molecule has 2 heterocycles. The maximum Gasteiger partial charge on any atom is 0.407 e. The van der Waals surface area contributed by atoms with Crippen molar-refractivity contribution in [3.63, 3.8) is 0 Å². The van der Waals surface area contributed by atoms with Crippen LogP contribution in [0.4, 0.5) is 4.79 Å². The standard InChI is InChI=1S/C14H16BrNO4/c1-2-9-10(15)3-4-11-12(9)20-14(19-11)5-7-16(8-6-14)13(17)18/h3-4H,2,5-8H2,1H3,(H,17,18). The van der Waals surface area contributed by atoms with Gasteiger partial charge in [-0.05, 0) is 18.6 Å². The topological polar surface area (TPSA) is 59.0 Å². The molecule has 0 radical (unpaired) electrons. The van der Waals surface area contributed by atoms with Crippen LogP contribution < -0.4 is 9.47 Å². The molecule has 3 rings (SSSR count). The van der Waals surface area contributed by atoms with Crippen LogP contribution in [0.2, 0.25) is 0 Å². The summed E-state index contributed by atoms with van der Waals surface area (Å²) in [6.45, 7) is 2.94. The van der Waals surface area contributed by atoms with E-state index in [1.165, 1.54) is 4.90 Å². The lowest BCUT2D eigenvalue weighted by atomic mass is 10.0. The van der Waals surface area contributed by atoms with Crippen molar-refractivity contribution in [3.8, 4) is 11.5 Å². The Kier molecular flexibility index (Phi) is 3.28. The number of piperidine rings is 1. The molecule has 0 atom stereocenters. The van der Waals surface area contributed by atoms with E-state index in [9.17, 15) is 4.79 Å². The van der Waals surface area contributed by atoms with E-state index in [0.717, 1.165) is 28.0 Å². The number of fused-ring (bicyclic) bond motifs is 1. The highest BCUT2D eigenvalue weighted by atomic mass is 79.9. The van der Waals surface area contributed by atoms with E-state index >= 15 is 0 Å². The van der Waals surface area contributed by atoms with E-state index in [0.29, 0.717) is 25.9 Å². The van der Waals surface area contributed by atoms with Crippen molar-refractivity contribution in [3.05, 3.63) is 22.2 Å². The van der Waals surface area contributed by atoms with Crippen molar-refractivity contribution in [1.82, 2.24) is 4.90 Å². The van der Waals surface area contributed by atoms with Crippen LogP contribution in [0.5, 0.6) is 11.5 Å². The summed E-state index contributed by atoms with van der Waals surface area (Å²) in [4.78, 5) is 12.4. The average molecular weight is 342 g/mol. The first-order valence-electron chi connectivity index (χ1n) is 6.72. The van der Waals surface area contributed by atoms with Gasteiger partial charge in [0.05, 0.1) is 0 Å². The number of amides is 1. The zero-order chi connectivity index (χ0) is 14.3. The Morgan fingerprint density at radius 2 is 2.10 bits per heavy atom. The maximum absolute atomic E-state index is 11.0.